The first kappa shape index (κ1) is 13.6. The molecule has 1 aliphatic heterocycles. The molecule has 0 spiro atoms. The van der Waals surface area contributed by atoms with Crippen molar-refractivity contribution in [1.82, 2.24) is 5.32 Å². The number of ether oxygens (including phenoxy) is 1. The van der Waals surface area contributed by atoms with Crippen LogP contribution in [0.3, 0.4) is 0 Å². The smallest absolute Gasteiger partial charge is 0.0512 e. The van der Waals surface area contributed by atoms with Crippen molar-refractivity contribution in [3.8, 4) is 0 Å². The van der Waals surface area contributed by atoms with Crippen LogP contribution in [0.1, 0.15) is 30.0 Å². The van der Waals surface area contributed by atoms with Crippen molar-refractivity contribution < 1.29 is 4.74 Å². The Bertz CT molecular complexity index is 387. The van der Waals surface area contributed by atoms with Gasteiger partial charge in [0.15, 0.2) is 0 Å². The monoisotopic (exact) mass is 247 g/mol. The molecule has 1 aromatic rings. The molecule has 18 heavy (non-hydrogen) atoms. The van der Waals surface area contributed by atoms with Gasteiger partial charge in [0.05, 0.1) is 6.61 Å². The van der Waals surface area contributed by atoms with Gasteiger partial charge in [0.2, 0.25) is 0 Å². The zero-order valence-corrected chi connectivity index (χ0v) is 11.8. The first-order chi connectivity index (χ1) is 8.70. The van der Waals surface area contributed by atoms with Gasteiger partial charge in [0, 0.05) is 18.6 Å². The Morgan fingerprint density at radius 1 is 1.33 bits per heavy atom. The fraction of sp³-hybridized carbons (Fsp3) is 0.625. The van der Waals surface area contributed by atoms with E-state index in [4.69, 9.17) is 4.74 Å². The van der Waals surface area contributed by atoms with E-state index in [0.29, 0.717) is 12.0 Å². The van der Waals surface area contributed by atoms with Gasteiger partial charge in [-0.1, -0.05) is 30.7 Å². The fourth-order valence-corrected chi connectivity index (χ4v) is 2.83. The molecular weight excluding hydrogens is 222 g/mol. The number of hydrogen-bond acceptors (Lipinski definition) is 2. The quantitative estimate of drug-likeness (QED) is 0.883. The van der Waals surface area contributed by atoms with Crippen molar-refractivity contribution in [1.29, 1.82) is 0 Å². The van der Waals surface area contributed by atoms with E-state index < -0.39 is 0 Å². The zero-order chi connectivity index (χ0) is 13.0. The summed E-state index contributed by atoms with van der Waals surface area (Å²) in [7, 11) is 0. The largest absolute Gasteiger partial charge is 0.381 e. The summed E-state index contributed by atoms with van der Waals surface area (Å²) in [4.78, 5) is 0. The van der Waals surface area contributed by atoms with Gasteiger partial charge < -0.3 is 10.1 Å². The van der Waals surface area contributed by atoms with Crippen LogP contribution in [0.25, 0.3) is 0 Å². The molecule has 1 heterocycles. The van der Waals surface area contributed by atoms with Crippen LogP contribution in [0.2, 0.25) is 0 Å². The van der Waals surface area contributed by atoms with E-state index in [1.165, 1.54) is 16.7 Å². The molecule has 0 radical (unpaired) electrons. The molecule has 0 saturated carbocycles. The summed E-state index contributed by atoms with van der Waals surface area (Å²) in [6.45, 7) is 9.41. The summed E-state index contributed by atoms with van der Waals surface area (Å²) < 4.78 is 5.66. The molecule has 0 aromatic heterocycles. The predicted octanol–water partition coefficient (Wildman–Crippen LogP) is 2.86. The number of aryl methyl sites for hydroxylation is 2. The third kappa shape index (κ3) is 3.33. The van der Waals surface area contributed by atoms with E-state index in [-0.39, 0.29) is 0 Å². The topological polar surface area (TPSA) is 21.3 Å². The molecule has 2 nitrogen and oxygen atoms in total. The number of nitrogens with one attached hydrogen (secondary N) is 1. The van der Waals surface area contributed by atoms with Gasteiger partial charge in [-0.15, -0.1) is 0 Å². The summed E-state index contributed by atoms with van der Waals surface area (Å²) in [6, 6.07) is 7.37. The van der Waals surface area contributed by atoms with Crippen LogP contribution >= 0.6 is 0 Å². The Kier molecular flexibility index (Phi) is 4.79. The second-order valence-electron chi connectivity index (χ2n) is 5.42. The minimum absolute atomic E-state index is 0.610. The highest BCUT2D eigenvalue weighted by molar-refractivity contribution is 5.31. The van der Waals surface area contributed by atoms with Crippen LogP contribution in [0.15, 0.2) is 18.2 Å². The highest BCUT2D eigenvalue weighted by Crippen LogP contribution is 2.22. The van der Waals surface area contributed by atoms with E-state index in [1.54, 1.807) is 0 Å². The normalized spacial score (nSPS) is 24.2. The molecule has 1 N–H and O–H groups in total. The summed E-state index contributed by atoms with van der Waals surface area (Å²) in [5.74, 6) is 0.610. The van der Waals surface area contributed by atoms with Gasteiger partial charge in [-0.3, -0.25) is 0 Å². The van der Waals surface area contributed by atoms with Gasteiger partial charge in [0.1, 0.15) is 0 Å². The molecule has 1 saturated heterocycles. The lowest BCUT2D eigenvalue weighted by atomic mass is 9.87. The number of rotatable bonds is 4. The van der Waals surface area contributed by atoms with Crippen LogP contribution in [0.4, 0.5) is 0 Å². The third-order valence-electron chi connectivity index (χ3n) is 3.93. The molecule has 0 amide bonds. The van der Waals surface area contributed by atoms with E-state index in [9.17, 15) is 0 Å². The SMILES string of the molecule is CCNC1CCOCC1Cc1cc(C)ccc1C. The lowest BCUT2D eigenvalue weighted by Gasteiger charge is -2.32. The Balaban J connectivity index is 2.08. The van der Waals surface area contributed by atoms with E-state index in [0.717, 1.165) is 32.6 Å². The first-order valence-corrected chi connectivity index (χ1v) is 7.08. The highest BCUT2D eigenvalue weighted by atomic mass is 16.5. The van der Waals surface area contributed by atoms with Gasteiger partial charge in [-0.25, -0.2) is 0 Å². The molecular formula is C16H25NO. The number of benzene rings is 1. The maximum Gasteiger partial charge on any atom is 0.0512 e. The van der Waals surface area contributed by atoms with Crippen LogP contribution in [0.5, 0.6) is 0 Å². The fourth-order valence-electron chi connectivity index (χ4n) is 2.83. The average Bonchev–Trinajstić information content (AvgIpc) is 2.36. The van der Waals surface area contributed by atoms with Gasteiger partial charge in [-0.05, 0) is 44.4 Å². The summed E-state index contributed by atoms with van der Waals surface area (Å²) in [5, 5.41) is 3.61. The summed E-state index contributed by atoms with van der Waals surface area (Å²) >= 11 is 0. The molecule has 2 heteroatoms. The molecule has 0 aliphatic carbocycles. The molecule has 1 aliphatic rings. The highest BCUT2D eigenvalue weighted by Gasteiger charge is 2.25. The maximum absolute atomic E-state index is 5.66. The van der Waals surface area contributed by atoms with Crippen molar-refractivity contribution >= 4 is 0 Å². The molecule has 1 aromatic carbocycles. The van der Waals surface area contributed by atoms with Crippen LogP contribution in [-0.2, 0) is 11.2 Å². The van der Waals surface area contributed by atoms with Crippen molar-refractivity contribution in [2.24, 2.45) is 5.92 Å². The van der Waals surface area contributed by atoms with Gasteiger partial charge >= 0.3 is 0 Å². The predicted molar refractivity (Wildman–Crippen MR) is 76.0 cm³/mol. The molecule has 100 valence electrons. The van der Waals surface area contributed by atoms with Crippen molar-refractivity contribution in [3.63, 3.8) is 0 Å². The van der Waals surface area contributed by atoms with E-state index in [1.807, 2.05) is 0 Å². The van der Waals surface area contributed by atoms with Crippen molar-refractivity contribution in [2.75, 3.05) is 19.8 Å². The third-order valence-corrected chi connectivity index (χ3v) is 3.93. The second-order valence-corrected chi connectivity index (χ2v) is 5.42. The van der Waals surface area contributed by atoms with Crippen LogP contribution in [0, 0.1) is 19.8 Å². The lowest BCUT2D eigenvalue weighted by Crippen LogP contribution is -2.43. The Morgan fingerprint density at radius 2 is 2.17 bits per heavy atom. The molecule has 1 fully saturated rings. The van der Waals surface area contributed by atoms with Gasteiger partial charge in [0.25, 0.3) is 0 Å². The van der Waals surface area contributed by atoms with Gasteiger partial charge in [-0.2, -0.15) is 0 Å². The Hall–Kier alpha value is -0.860. The summed E-state index contributed by atoms with van der Waals surface area (Å²) in [6.07, 6.45) is 2.27. The standard InChI is InChI=1S/C16H25NO/c1-4-17-16-7-8-18-11-15(16)10-14-9-12(2)5-6-13(14)3/h5-6,9,15-17H,4,7-8,10-11H2,1-3H3. The Morgan fingerprint density at radius 3 is 2.94 bits per heavy atom. The van der Waals surface area contributed by atoms with Crippen LogP contribution in [-0.4, -0.2) is 25.8 Å². The summed E-state index contributed by atoms with van der Waals surface area (Å²) in [5.41, 5.74) is 4.24. The maximum atomic E-state index is 5.66. The van der Waals surface area contributed by atoms with E-state index in [2.05, 4.69) is 44.3 Å². The Labute approximate surface area is 111 Å². The zero-order valence-electron chi connectivity index (χ0n) is 11.8. The van der Waals surface area contributed by atoms with Crippen LogP contribution < -0.4 is 5.32 Å². The van der Waals surface area contributed by atoms with Crippen molar-refractivity contribution in [3.05, 3.63) is 34.9 Å². The number of hydrogen-bond donors (Lipinski definition) is 1. The molecule has 2 atom stereocenters. The van der Waals surface area contributed by atoms with Crippen molar-refractivity contribution in [2.45, 2.75) is 39.7 Å². The molecule has 2 unspecified atom stereocenters. The lowest BCUT2D eigenvalue weighted by molar-refractivity contribution is 0.0326. The minimum atomic E-state index is 0.610. The minimum Gasteiger partial charge on any atom is -0.381 e. The average molecular weight is 247 g/mol. The molecule has 0 bridgehead atoms. The second kappa shape index (κ2) is 6.35. The van der Waals surface area contributed by atoms with E-state index >= 15 is 0 Å². The first-order valence-electron chi connectivity index (χ1n) is 7.08. The molecule has 2 rings (SSSR count).